The maximum atomic E-state index is 2.37. The van der Waals surface area contributed by atoms with Gasteiger partial charge in [-0.3, -0.25) is 0 Å². The van der Waals surface area contributed by atoms with Gasteiger partial charge < -0.3 is 0 Å². The van der Waals surface area contributed by atoms with Crippen LogP contribution in [0, 0.1) is 35.0 Å². The second-order valence-corrected chi connectivity index (χ2v) is 5.75. The van der Waals surface area contributed by atoms with Crippen molar-refractivity contribution in [2.45, 2.75) is 39.0 Å². The summed E-state index contributed by atoms with van der Waals surface area (Å²) in [7, 11) is 0. The zero-order valence-electron chi connectivity index (χ0n) is 7.92. The molecule has 6 atom stereocenters. The minimum absolute atomic E-state index is 0.978. The van der Waals surface area contributed by atoms with Gasteiger partial charge in [0.25, 0.3) is 0 Å². The molecule has 0 bridgehead atoms. The Hall–Kier alpha value is 0. The molecule has 6 unspecified atom stereocenters. The fourth-order valence-corrected chi connectivity index (χ4v) is 5.73. The first-order valence-corrected chi connectivity index (χ1v) is 5.89. The van der Waals surface area contributed by atoms with Crippen LogP contribution in [0.4, 0.5) is 0 Å². The normalized spacial score (nSPS) is 69.2. The Kier molecular flexibility index (Phi) is 0.875. The standard InChI is InChI=1S/C12H18/c1-2-3-7-6-9-8-4-5-12(7)10(8)11(9)12/h7-11H,2-6H2,1H3. The van der Waals surface area contributed by atoms with Gasteiger partial charge in [0.2, 0.25) is 0 Å². The molecule has 0 N–H and O–H groups in total. The van der Waals surface area contributed by atoms with Crippen LogP contribution >= 0.6 is 0 Å². The molecule has 66 valence electrons. The summed E-state index contributed by atoms with van der Waals surface area (Å²) in [5.74, 6) is 6.20. The average Bonchev–Trinajstić information content (AvgIpc) is 2.44. The van der Waals surface area contributed by atoms with Crippen molar-refractivity contribution in [3.8, 4) is 0 Å². The van der Waals surface area contributed by atoms with Crippen LogP contribution in [0.15, 0.2) is 0 Å². The van der Waals surface area contributed by atoms with Gasteiger partial charge in [-0.2, -0.15) is 0 Å². The van der Waals surface area contributed by atoms with Crippen molar-refractivity contribution in [3.05, 3.63) is 0 Å². The van der Waals surface area contributed by atoms with E-state index >= 15 is 0 Å². The van der Waals surface area contributed by atoms with E-state index in [2.05, 4.69) is 6.92 Å². The fourth-order valence-electron chi connectivity index (χ4n) is 5.73. The maximum absolute atomic E-state index is 2.37. The largest absolute Gasteiger partial charge is 0.0654 e. The van der Waals surface area contributed by atoms with E-state index in [9.17, 15) is 0 Å². The highest BCUT2D eigenvalue weighted by molar-refractivity contribution is 5.33. The first-order chi connectivity index (χ1) is 5.89. The molecule has 12 heavy (non-hydrogen) atoms. The van der Waals surface area contributed by atoms with Gasteiger partial charge in [-0.05, 0) is 54.3 Å². The van der Waals surface area contributed by atoms with Gasteiger partial charge in [-0.25, -0.2) is 0 Å². The van der Waals surface area contributed by atoms with Crippen LogP contribution in [0.5, 0.6) is 0 Å². The third kappa shape index (κ3) is 0.400. The summed E-state index contributed by atoms with van der Waals surface area (Å²) in [6.45, 7) is 2.37. The molecular weight excluding hydrogens is 144 g/mol. The minimum atomic E-state index is 0.978. The van der Waals surface area contributed by atoms with Gasteiger partial charge in [0.05, 0.1) is 0 Å². The van der Waals surface area contributed by atoms with Crippen LogP contribution in [0.2, 0.25) is 0 Å². The zero-order valence-corrected chi connectivity index (χ0v) is 7.92. The molecule has 1 spiro atoms. The highest BCUT2D eigenvalue weighted by Gasteiger charge is 2.86. The molecule has 0 amide bonds. The van der Waals surface area contributed by atoms with Crippen LogP contribution in [0.1, 0.15) is 39.0 Å². The van der Waals surface area contributed by atoms with E-state index in [1.165, 1.54) is 36.0 Å². The molecule has 0 nitrogen and oxygen atoms in total. The Labute approximate surface area is 74.7 Å². The van der Waals surface area contributed by atoms with Gasteiger partial charge in [-0.15, -0.1) is 0 Å². The first kappa shape index (κ1) is 6.45. The Morgan fingerprint density at radius 3 is 2.75 bits per heavy atom. The van der Waals surface area contributed by atoms with E-state index in [0.29, 0.717) is 0 Å². The van der Waals surface area contributed by atoms with E-state index in [1.54, 1.807) is 25.7 Å². The van der Waals surface area contributed by atoms with E-state index in [1.807, 2.05) is 0 Å². The van der Waals surface area contributed by atoms with Gasteiger partial charge in [0.1, 0.15) is 0 Å². The monoisotopic (exact) mass is 162 g/mol. The molecule has 4 saturated carbocycles. The molecular formula is C12H18. The van der Waals surface area contributed by atoms with Crippen LogP contribution in [0.3, 0.4) is 0 Å². The average molecular weight is 162 g/mol. The second-order valence-electron chi connectivity index (χ2n) is 5.75. The van der Waals surface area contributed by atoms with Crippen molar-refractivity contribution in [1.82, 2.24) is 0 Å². The molecule has 4 fully saturated rings. The molecule has 0 aromatic heterocycles. The third-order valence-electron chi connectivity index (χ3n) is 5.86. The molecule has 0 aromatic rings. The molecule has 0 heterocycles. The number of fused-ring (bicyclic) bond motifs is 1. The van der Waals surface area contributed by atoms with Crippen molar-refractivity contribution in [1.29, 1.82) is 0 Å². The van der Waals surface area contributed by atoms with Crippen LogP contribution < -0.4 is 0 Å². The Morgan fingerprint density at radius 2 is 2.08 bits per heavy atom. The summed E-state index contributed by atoms with van der Waals surface area (Å²) >= 11 is 0. The van der Waals surface area contributed by atoms with E-state index in [0.717, 1.165) is 5.41 Å². The lowest BCUT2D eigenvalue weighted by molar-refractivity contribution is 0.127. The van der Waals surface area contributed by atoms with E-state index in [4.69, 9.17) is 0 Å². The van der Waals surface area contributed by atoms with E-state index in [-0.39, 0.29) is 0 Å². The Bertz CT molecular complexity index is 232. The zero-order chi connectivity index (χ0) is 7.92. The summed E-state index contributed by atoms with van der Waals surface area (Å²) in [5.41, 5.74) is 0.978. The summed E-state index contributed by atoms with van der Waals surface area (Å²) in [5, 5.41) is 0. The molecule has 0 aromatic carbocycles. The molecule has 4 rings (SSSR count). The SMILES string of the molecule is CCCC1CC2C3CCC14C3C24. The van der Waals surface area contributed by atoms with Crippen molar-refractivity contribution in [3.63, 3.8) is 0 Å². The molecule has 0 saturated heterocycles. The Morgan fingerprint density at radius 1 is 1.25 bits per heavy atom. The number of hydrogen-bond acceptors (Lipinski definition) is 0. The molecule has 0 heteroatoms. The van der Waals surface area contributed by atoms with Crippen molar-refractivity contribution >= 4 is 0 Å². The van der Waals surface area contributed by atoms with Crippen LogP contribution in [-0.2, 0) is 0 Å². The predicted octanol–water partition coefficient (Wildman–Crippen LogP) is 3.08. The highest BCUT2D eigenvalue weighted by atomic mass is 14.9. The predicted molar refractivity (Wildman–Crippen MR) is 48.6 cm³/mol. The van der Waals surface area contributed by atoms with Gasteiger partial charge in [0, 0.05) is 0 Å². The lowest BCUT2D eigenvalue weighted by Gasteiger charge is -2.35. The summed E-state index contributed by atoms with van der Waals surface area (Å²) in [6, 6.07) is 0. The molecule has 4 aliphatic carbocycles. The van der Waals surface area contributed by atoms with Crippen molar-refractivity contribution in [2.75, 3.05) is 0 Å². The van der Waals surface area contributed by atoms with Gasteiger partial charge in [0.15, 0.2) is 0 Å². The fraction of sp³-hybridized carbons (Fsp3) is 1.00. The second kappa shape index (κ2) is 1.63. The van der Waals surface area contributed by atoms with Gasteiger partial charge >= 0.3 is 0 Å². The Balaban J connectivity index is 1.70. The third-order valence-corrected chi connectivity index (χ3v) is 5.86. The number of rotatable bonds is 2. The smallest absolute Gasteiger partial charge is 0.0201 e. The summed E-state index contributed by atoms with van der Waals surface area (Å²) in [6.07, 6.45) is 7.87. The van der Waals surface area contributed by atoms with Crippen LogP contribution in [-0.4, -0.2) is 0 Å². The molecule has 4 aliphatic rings. The lowest BCUT2D eigenvalue weighted by Crippen LogP contribution is -2.29. The molecule has 0 aliphatic heterocycles. The number of hydrogen-bond donors (Lipinski definition) is 0. The minimum Gasteiger partial charge on any atom is -0.0654 e. The topological polar surface area (TPSA) is 0 Å². The summed E-state index contributed by atoms with van der Waals surface area (Å²) < 4.78 is 0. The molecule has 0 radical (unpaired) electrons. The van der Waals surface area contributed by atoms with Crippen molar-refractivity contribution in [2.24, 2.45) is 35.0 Å². The van der Waals surface area contributed by atoms with E-state index < -0.39 is 0 Å². The van der Waals surface area contributed by atoms with Crippen molar-refractivity contribution < 1.29 is 0 Å². The van der Waals surface area contributed by atoms with Gasteiger partial charge in [-0.1, -0.05) is 19.8 Å². The quantitative estimate of drug-likeness (QED) is 0.585. The van der Waals surface area contributed by atoms with Crippen LogP contribution in [0.25, 0.3) is 0 Å². The highest BCUT2D eigenvalue weighted by Crippen LogP contribution is 2.91. The lowest BCUT2D eigenvalue weighted by atomic mass is 9.69. The maximum Gasteiger partial charge on any atom is -0.0201 e. The first-order valence-electron chi connectivity index (χ1n) is 5.89. The summed E-state index contributed by atoms with van der Waals surface area (Å²) in [4.78, 5) is 0.